The van der Waals surface area contributed by atoms with Crippen molar-refractivity contribution in [3.05, 3.63) is 46.2 Å². The summed E-state index contributed by atoms with van der Waals surface area (Å²) in [5.41, 5.74) is 3.41. The van der Waals surface area contributed by atoms with Crippen LogP contribution in [0.1, 0.15) is 10.4 Å². The summed E-state index contributed by atoms with van der Waals surface area (Å²) in [6.45, 7) is 2.21. The van der Waals surface area contributed by atoms with Crippen molar-refractivity contribution in [3.63, 3.8) is 0 Å². The molecule has 1 N–H and O–H groups in total. The van der Waals surface area contributed by atoms with Crippen molar-refractivity contribution in [1.29, 1.82) is 0 Å². The van der Waals surface area contributed by atoms with Gasteiger partial charge in [0.15, 0.2) is 0 Å². The smallest absolute Gasteiger partial charge is 0.0696 e. The fourth-order valence-electron chi connectivity index (χ4n) is 1.61. The highest BCUT2D eigenvalue weighted by Crippen LogP contribution is 2.31. The molecular formula is C12H12OS. The van der Waals surface area contributed by atoms with Gasteiger partial charge in [-0.15, -0.1) is 11.3 Å². The third-order valence-electron chi connectivity index (χ3n) is 2.28. The van der Waals surface area contributed by atoms with E-state index in [1.807, 2.05) is 23.6 Å². The molecule has 0 saturated heterocycles. The first-order chi connectivity index (χ1) is 6.83. The van der Waals surface area contributed by atoms with Crippen LogP contribution < -0.4 is 0 Å². The number of hydrogen-bond acceptors (Lipinski definition) is 2. The molecule has 2 aromatic rings. The molecule has 72 valence electrons. The third-order valence-corrected chi connectivity index (χ3v) is 3.24. The first kappa shape index (κ1) is 9.44. The molecule has 0 aliphatic rings. The fraction of sp³-hybridized carbons (Fsp3) is 0.167. The zero-order chi connectivity index (χ0) is 9.97. The van der Waals surface area contributed by atoms with E-state index < -0.39 is 0 Å². The second-order valence-electron chi connectivity index (χ2n) is 3.22. The van der Waals surface area contributed by atoms with Crippen LogP contribution in [0.4, 0.5) is 0 Å². The molecule has 0 aliphatic carbocycles. The molecule has 0 spiro atoms. The van der Waals surface area contributed by atoms with E-state index in [0.717, 1.165) is 5.56 Å². The van der Waals surface area contributed by atoms with Gasteiger partial charge in [0.1, 0.15) is 0 Å². The molecule has 2 rings (SSSR count). The predicted octanol–water partition coefficient (Wildman–Crippen LogP) is 3.22. The van der Waals surface area contributed by atoms with Gasteiger partial charge in [-0.25, -0.2) is 0 Å². The highest BCUT2D eigenvalue weighted by molar-refractivity contribution is 7.10. The summed E-state index contributed by atoms with van der Waals surface area (Å²) in [5.74, 6) is 0. The lowest BCUT2D eigenvalue weighted by atomic mass is 10.0. The molecule has 0 amide bonds. The highest BCUT2D eigenvalue weighted by atomic mass is 32.1. The Morgan fingerprint density at radius 3 is 2.57 bits per heavy atom. The number of thiophene rings is 1. The molecule has 0 atom stereocenters. The van der Waals surface area contributed by atoms with Crippen LogP contribution in [0.2, 0.25) is 0 Å². The fourth-order valence-corrected chi connectivity index (χ4v) is 2.49. The summed E-state index contributed by atoms with van der Waals surface area (Å²) in [6.07, 6.45) is 0. The summed E-state index contributed by atoms with van der Waals surface area (Å²) in [4.78, 5) is 1.26. The monoisotopic (exact) mass is 204 g/mol. The second-order valence-corrected chi connectivity index (χ2v) is 4.30. The van der Waals surface area contributed by atoms with Crippen LogP contribution in [-0.2, 0) is 6.61 Å². The zero-order valence-corrected chi connectivity index (χ0v) is 8.84. The van der Waals surface area contributed by atoms with Crippen LogP contribution in [-0.4, -0.2) is 5.11 Å². The average Bonchev–Trinajstić information content (AvgIpc) is 2.61. The average molecular weight is 204 g/mol. The van der Waals surface area contributed by atoms with Crippen LogP contribution in [0.3, 0.4) is 0 Å². The van der Waals surface area contributed by atoms with Crippen LogP contribution in [0.5, 0.6) is 0 Å². The van der Waals surface area contributed by atoms with Gasteiger partial charge in [0.05, 0.1) is 6.61 Å². The Balaban J connectivity index is 2.55. The molecule has 0 radical (unpaired) electrons. The number of aliphatic hydroxyl groups excluding tert-OH is 1. The van der Waals surface area contributed by atoms with E-state index in [1.165, 1.54) is 16.0 Å². The molecule has 0 saturated carbocycles. The van der Waals surface area contributed by atoms with Crippen molar-refractivity contribution in [2.45, 2.75) is 13.5 Å². The van der Waals surface area contributed by atoms with Gasteiger partial charge < -0.3 is 5.11 Å². The molecule has 1 aromatic carbocycles. The molecule has 1 aromatic heterocycles. The zero-order valence-electron chi connectivity index (χ0n) is 8.03. The van der Waals surface area contributed by atoms with Gasteiger partial charge in [0.25, 0.3) is 0 Å². The van der Waals surface area contributed by atoms with Crippen LogP contribution in [0.25, 0.3) is 11.1 Å². The van der Waals surface area contributed by atoms with E-state index in [-0.39, 0.29) is 6.61 Å². The van der Waals surface area contributed by atoms with Gasteiger partial charge in [-0.05, 0) is 23.4 Å². The maximum atomic E-state index is 9.20. The molecule has 0 bridgehead atoms. The van der Waals surface area contributed by atoms with Gasteiger partial charge in [0.2, 0.25) is 0 Å². The molecule has 2 heteroatoms. The van der Waals surface area contributed by atoms with E-state index >= 15 is 0 Å². The minimum absolute atomic E-state index is 0.120. The van der Waals surface area contributed by atoms with Gasteiger partial charge in [-0.2, -0.15) is 0 Å². The molecule has 0 aliphatic heterocycles. The quantitative estimate of drug-likeness (QED) is 0.796. The summed E-state index contributed by atoms with van der Waals surface area (Å²) in [7, 11) is 0. The van der Waals surface area contributed by atoms with Gasteiger partial charge in [-0.3, -0.25) is 0 Å². The Kier molecular flexibility index (Phi) is 2.66. The Hall–Kier alpha value is -1.12. The lowest BCUT2D eigenvalue weighted by Gasteiger charge is -2.03. The Bertz CT molecular complexity index is 417. The van der Waals surface area contributed by atoms with E-state index in [9.17, 15) is 5.11 Å². The number of aryl methyl sites for hydroxylation is 1. The number of hydrogen-bond donors (Lipinski definition) is 1. The van der Waals surface area contributed by atoms with Gasteiger partial charge in [-0.1, -0.05) is 30.3 Å². The molecule has 14 heavy (non-hydrogen) atoms. The largest absolute Gasteiger partial charge is 0.392 e. The van der Waals surface area contributed by atoms with Crippen molar-refractivity contribution in [3.8, 4) is 11.1 Å². The van der Waals surface area contributed by atoms with Crippen LogP contribution >= 0.6 is 11.3 Å². The topological polar surface area (TPSA) is 20.2 Å². The van der Waals surface area contributed by atoms with Crippen molar-refractivity contribution in [2.75, 3.05) is 0 Å². The van der Waals surface area contributed by atoms with Crippen molar-refractivity contribution in [2.24, 2.45) is 0 Å². The Labute approximate surface area is 87.7 Å². The van der Waals surface area contributed by atoms with E-state index in [4.69, 9.17) is 0 Å². The first-order valence-corrected chi connectivity index (χ1v) is 5.44. The lowest BCUT2D eigenvalue weighted by molar-refractivity contribution is 0.283. The minimum Gasteiger partial charge on any atom is -0.392 e. The van der Waals surface area contributed by atoms with Gasteiger partial charge >= 0.3 is 0 Å². The summed E-state index contributed by atoms with van der Waals surface area (Å²) >= 11 is 1.69. The van der Waals surface area contributed by atoms with E-state index in [0.29, 0.717) is 0 Å². The predicted molar refractivity (Wildman–Crippen MR) is 60.4 cm³/mol. The SMILES string of the molecule is Cc1scc(CO)c1-c1ccccc1. The lowest BCUT2D eigenvalue weighted by Crippen LogP contribution is -1.85. The number of rotatable bonds is 2. The van der Waals surface area contributed by atoms with Crippen molar-refractivity contribution < 1.29 is 5.11 Å². The van der Waals surface area contributed by atoms with E-state index in [2.05, 4.69) is 19.1 Å². The highest BCUT2D eigenvalue weighted by Gasteiger charge is 2.08. The standard InChI is InChI=1S/C12H12OS/c1-9-12(11(7-13)8-14-9)10-5-3-2-4-6-10/h2-6,8,13H,7H2,1H3. The van der Waals surface area contributed by atoms with Gasteiger partial charge in [0, 0.05) is 10.4 Å². The molecule has 0 fully saturated rings. The summed E-state index contributed by atoms with van der Waals surface area (Å²) < 4.78 is 0. The normalized spacial score (nSPS) is 10.4. The maximum Gasteiger partial charge on any atom is 0.0696 e. The summed E-state index contributed by atoms with van der Waals surface area (Å²) in [6, 6.07) is 10.2. The Morgan fingerprint density at radius 2 is 1.93 bits per heavy atom. The molecule has 1 nitrogen and oxygen atoms in total. The van der Waals surface area contributed by atoms with Crippen LogP contribution in [0, 0.1) is 6.92 Å². The van der Waals surface area contributed by atoms with E-state index in [1.54, 1.807) is 11.3 Å². The number of aliphatic hydroxyl groups is 1. The second kappa shape index (κ2) is 3.95. The van der Waals surface area contributed by atoms with Crippen molar-refractivity contribution >= 4 is 11.3 Å². The molecule has 0 unspecified atom stereocenters. The molecule has 1 heterocycles. The van der Waals surface area contributed by atoms with Crippen molar-refractivity contribution in [1.82, 2.24) is 0 Å². The first-order valence-electron chi connectivity index (χ1n) is 4.56. The summed E-state index contributed by atoms with van der Waals surface area (Å²) in [5, 5.41) is 11.2. The number of benzene rings is 1. The minimum atomic E-state index is 0.120. The van der Waals surface area contributed by atoms with Crippen LogP contribution in [0.15, 0.2) is 35.7 Å². The Morgan fingerprint density at radius 1 is 1.21 bits per heavy atom. The third kappa shape index (κ3) is 1.59. The molecular weight excluding hydrogens is 192 g/mol. The maximum absolute atomic E-state index is 9.20.